The first-order valence-corrected chi connectivity index (χ1v) is 7.49. The number of rotatable bonds is 4. The molecule has 0 amide bonds. The average molecular weight is 326 g/mol. The predicted octanol–water partition coefficient (Wildman–Crippen LogP) is 3.45. The Morgan fingerprint density at radius 3 is 2.10 bits per heavy atom. The summed E-state index contributed by atoms with van der Waals surface area (Å²) in [5, 5.41) is 0. The molecule has 0 saturated heterocycles. The molecule has 3 nitrogen and oxygen atoms in total. The zero-order valence-corrected chi connectivity index (χ0v) is 12.3. The number of carbonyl (C=O) groups is 1. The Hall–Kier alpha value is -1.44. The van der Waals surface area contributed by atoms with E-state index in [1.165, 1.54) is 0 Å². The van der Waals surface area contributed by atoms with Crippen LogP contribution in [0.15, 0.2) is 23.1 Å². The topological polar surface area (TPSA) is 51.2 Å². The fourth-order valence-electron chi connectivity index (χ4n) is 2.17. The van der Waals surface area contributed by atoms with Crippen molar-refractivity contribution in [1.82, 2.24) is 0 Å². The van der Waals surface area contributed by atoms with Gasteiger partial charge in [0, 0.05) is 5.92 Å². The second-order valence-electron chi connectivity index (χ2n) is 4.96. The minimum absolute atomic E-state index is 0.302. The standard InChI is InChI=1S/C13H14F4O3S/c1-7(2)12(8(3)18)10-5-4-9(14)6-11(10)21(19,20)13(15,16)17/h4-7,12H,1-3H3. The molecule has 118 valence electrons. The quantitative estimate of drug-likeness (QED) is 0.796. The second kappa shape index (κ2) is 5.75. The van der Waals surface area contributed by atoms with Gasteiger partial charge in [0.05, 0.1) is 4.90 Å². The summed E-state index contributed by atoms with van der Waals surface area (Å²) in [5.74, 6) is -3.10. The smallest absolute Gasteiger partial charge is 0.299 e. The van der Waals surface area contributed by atoms with Gasteiger partial charge in [-0.15, -0.1) is 0 Å². The summed E-state index contributed by atoms with van der Waals surface area (Å²) < 4.78 is 74.5. The molecular formula is C13H14F4O3S. The molecule has 0 saturated carbocycles. The lowest BCUT2D eigenvalue weighted by molar-refractivity contribution is -0.119. The normalized spacial score (nSPS) is 14.3. The van der Waals surface area contributed by atoms with E-state index in [2.05, 4.69) is 0 Å². The van der Waals surface area contributed by atoms with E-state index in [1.54, 1.807) is 13.8 Å². The van der Waals surface area contributed by atoms with Crippen molar-refractivity contribution in [3.05, 3.63) is 29.6 Å². The molecule has 0 heterocycles. The van der Waals surface area contributed by atoms with Gasteiger partial charge in [0.2, 0.25) is 0 Å². The van der Waals surface area contributed by atoms with Gasteiger partial charge in [-0.05, 0) is 30.5 Å². The van der Waals surface area contributed by atoms with Crippen molar-refractivity contribution in [1.29, 1.82) is 0 Å². The average Bonchev–Trinajstić information content (AvgIpc) is 2.28. The zero-order valence-electron chi connectivity index (χ0n) is 11.5. The number of halogens is 4. The number of carbonyl (C=O) groups excluding carboxylic acids is 1. The van der Waals surface area contributed by atoms with Gasteiger partial charge in [-0.3, -0.25) is 4.79 Å². The first-order valence-electron chi connectivity index (χ1n) is 6.01. The molecule has 0 radical (unpaired) electrons. The summed E-state index contributed by atoms with van der Waals surface area (Å²) in [6.45, 7) is 4.29. The van der Waals surface area contributed by atoms with E-state index in [1.807, 2.05) is 0 Å². The lowest BCUT2D eigenvalue weighted by Gasteiger charge is -2.22. The van der Waals surface area contributed by atoms with Crippen molar-refractivity contribution in [2.75, 3.05) is 0 Å². The van der Waals surface area contributed by atoms with E-state index in [0.717, 1.165) is 19.1 Å². The van der Waals surface area contributed by atoms with Gasteiger partial charge in [0.15, 0.2) is 0 Å². The Balaban J connectivity index is 3.68. The minimum Gasteiger partial charge on any atom is -0.299 e. The minimum atomic E-state index is -5.73. The summed E-state index contributed by atoms with van der Waals surface area (Å²) in [7, 11) is -5.73. The third-order valence-electron chi connectivity index (χ3n) is 3.01. The molecule has 0 aliphatic rings. The number of hydrogen-bond donors (Lipinski definition) is 0. The molecule has 0 aliphatic heterocycles. The molecule has 1 rings (SSSR count). The molecule has 1 atom stereocenters. The van der Waals surface area contributed by atoms with Gasteiger partial charge < -0.3 is 0 Å². The fraction of sp³-hybridized carbons (Fsp3) is 0.462. The van der Waals surface area contributed by atoms with Gasteiger partial charge in [-0.2, -0.15) is 13.2 Å². The van der Waals surface area contributed by atoms with Crippen molar-refractivity contribution in [2.45, 2.75) is 37.1 Å². The maximum Gasteiger partial charge on any atom is 0.501 e. The number of benzene rings is 1. The first kappa shape index (κ1) is 17.6. The molecule has 1 aromatic carbocycles. The highest BCUT2D eigenvalue weighted by Crippen LogP contribution is 2.37. The molecule has 0 aromatic heterocycles. The first-order chi connectivity index (χ1) is 9.39. The molecule has 0 N–H and O–H groups in total. The van der Waals surface area contributed by atoms with Crippen molar-refractivity contribution >= 4 is 15.6 Å². The monoisotopic (exact) mass is 326 g/mol. The summed E-state index contributed by atoms with van der Waals surface area (Å²) in [6, 6.07) is 2.06. The highest BCUT2D eigenvalue weighted by atomic mass is 32.2. The molecule has 8 heteroatoms. The lowest BCUT2D eigenvalue weighted by Crippen LogP contribution is -2.27. The second-order valence-corrected chi connectivity index (χ2v) is 6.87. The number of alkyl halides is 3. The van der Waals surface area contributed by atoms with Crippen LogP contribution in [0.4, 0.5) is 17.6 Å². The maximum absolute atomic E-state index is 13.2. The highest BCUT2D eigenvalue weighted by Gasteiger charge is 2.48. The molecule has 0 spiro atoms. The molecule has 0 fully saturated rings. The van der Waals surface area contributed by atoms with Crippen LogP contribution >= 0.6 is 0 Å². The Morgan fingerprint density at radius 2 is 1.71 bits per heavy atom. The van der Waals surface area contributed by atoms with Crippen LogP contribution in [0.5, 0.6) is 0 Å². The van der Waals surface area contributed by atoms with Crippen LogP contribution in [0, 0.1) is 11.7 Å². The number of ketones is 1. The third-order valence-corrected chi connectivity index (χ3v) is 4.55. The van der Waals surface area contributed by atoms with Crippen LogP contribution < -0.4 is 0 Å². The van der Waals surface area contributed by atoms with E-state index >= 15 is 0 Å². The Morgan fingerprint density at radius 1 is 1.19 bits per heavy atom. The van der Waals surface area contributed by atoms with Crippen molar-refractivity contribution in [3.8, 4) is 0 Å². The van der Waals surface area contributed by atoms with Gasteiger partial charge in [-0.25, -0.2) is 12.8 Å². The van der Waals surface area contributed by atoms with Crippen LogP contribution in [0.1, 0.15) is 32.3 Å². The van der Waals surface area contributed by atoms with Crippen molar-refractivity contribution in [3.63, 3.8) is 0 Å². The summed E-state index contributed by atoms with van der Waals surface area (Å²) in [4.78, 5) is 10.4. The highest BCUT2D eigenvalue weighted by molar-refractivity contribution is 7.92. The summed E-state index contributed by atoms with van der Waals surface area (Å²) in [6.07, 6.45) is 0. The van der Waals surface area contributed by atoms with Crippen LogP contribution in [0.3, 0.4) is 0 Å². The molecule has 0 bridgehead atoms. The van der Waals surface area contributed by atoms with Gasteiger partial charge in [0.25, 0.3) is 9.84 Å². The number of sulfone groups is 1. The van der Waals surface area contributed by atoms with Gasteiger partial charge >= 0.3 is 5.51 Å². The van der Waals surface area contributed by atoms with Crippen LogP contribution in [0.25, 0.3) is 0 Å². The van der Waals surface area contributed by atoms with E-state index in [-0.39, 0.29) is 5.56 Å². The third kappa shape index (κ3) is 3.42. The Bertz CT molecular complexity index is 648. The molecule has 1 unspecified atom stereocenters. The molecule has 1 aromatic rings. The van der Waals surface area contributed by atoms with E-state index in [9.17, 15) is 30.8 Å². The number of hydrogen-bond acceptors (Lipinski definition) is 3. The Kier molecular flexibility index (Phi) is 4.82. The SMILES string of the molecule is CC(=O)C(c1ccc(F)cc1S(=O)(=O)C(F)(F)F)C(C)C. The van der Waals surface area contributed by atoms with Gasteiger partial charge in [-0.1, -0.05) is 19.9 Å². The summed E-state index contributed by atoms with van der Waals surface area (Å²) >= 11 is 0. The van der Waals surface area contributed by atoms with Gasteiger partial charge in [0.1, 0.15) is 11.6 Å². The van der Waals surface area contributed by atoms with Crippen LogP contribution in [0.2, 0.25) is 0 Å². The lowest BCUT2D eigenvalue weighted by atomic mass is 9.85. The van der Waals surface area contributed by atoms with Crippen LogP contribution in [-0.2, 0) is 14.6 Å². The van der Waals surface area contributed by atoms with E-state index in [4.69, 9.17) is 0 Å². The summed E-state index contributed by atoms with van der Waals surface area (Å²) in [5.41, 5.74) is -5.90. The van der Waals surface area contributed by atoms with E-state index in [0.29, 0.717) is 6.07 Å². The number of Topliss-reactive ketones (excluding diaryl/α,β-unsaturated/α-hetero) is 1. The predicted molar refractivity (Wildman–Crippen MR) is 67.9 cm³/mol. The fourth-order valence-corrected chi connectivity index (χ4v) is 3.19. The molecular weight excluding hydrogens is 312 g/mol. The molecule has 21 heavy (non-hydrogen) atoms. The van der Waals surface area contributed by atoms with E-state index < -0.39 is 43.7 Å². The largest absolute Gasteiger partial charge is 0.501 e. The maximum atomic E-state index is 13.2. The van der Waals surface area contributed by atoms with Crippen molar-refractivity contribution < 1.29 is 30.8 Å². The Labute approximate surface area is 119 Å². The van der Waals surface area contributed by atoms with Crippen LogP contribution in [-0.4, -0.2) is 19.7 Å². The molecule has 0 aliphatic carbocycles. The van der Waals surface area contributed by atoms with Crippen molar-refractivity contribution in [2.24, 2.45) is 5.92 Å². The zero-order chi connectivity index (χ0) is 16.6.